The summed E-state index contributed by atoms with van der Waals surface area (Å²) in [4.78, 5) is 21.9. The lowest BCUT2D eigenvalue weighted by Crippen LogP contribution is -2.39. The summed E-state index contributed by atoms with van der Waals surface area (Å²) in [7, 11) is 0. The van der Waals surface area contributed by atoms with Crippen molar-refractivity contribution >= 4 is 27.6 Å². The molecule has 0 spiro atoms. The first-order chi connectivity index (χ1) is 16.8. The third kappa shape index (κ3) is 6.12. The average Bonchev–Trinajstić information content (AvgIpc) is 2.84. The minimum absolute atomic E-state index is 0.121. The number of aryl methyl sites for hydroxylation is 2. The normalized spacial score (nSPS) is 14.3. The molecule has 1 N–H and O–H groups in total. The molecule has 0 amide bonds. The van der Waals surface area contributed by atoms with Gasteiger partial charge in [0.2, 0.25) is 11.8 Å². The van der Waals surface area contributed by atoms with Gasteiger partial charge < -0.3 is 10.1 Å². The first-order valence-electron chi connectivity index (χ1n) is 11.3. The van der Waals surface area contributed by atoms with E-state index < -0.39 is 0 Å². The van der Waals surface area contributed by atoms with Crippen molar-refractivity contribution in [3.05, 3.63) is 79.4 Å². The molecule has 1 fully saturated rings. The van der Waals surface area contributed by atoms with Gasteiger partial charge in [-0.25, -0.2) is 4.98 Å². The Bertz CT molecular complexity index is 1260. The summed E-state index contributed by atoms with van der Waals surface area (Å²) in [6.07, 6.45) is 3.47. The van der Waals surface area contributed by atoms with Crippen molar-refractivity contribution in [2.45, 2.75) is 39.3 Å². The molecule has 0 bridgehead atoms. The Morgan fingerprint density at radius 2 is 1.97 bits per heavy atom. The molecule has 9 nitrogen and oxygen atoms in total. The van der Waals surface area contributed by atoms with E-state index in [0.29, 0.717) is 34.2 Å². The molecule has 2 heterocycles. The number of piperidine rings is 1. The number of benzene rings is 2. The number of halogens is 1. The van der Waals surface area contributed by atoms with E-state index in [0.717, 1.165) is 42.6 Å². The lowest BCUT2D eigenvalue weighted by atomic mass is 10.0. The van der Waals surface area contributed by atoms with Crippen LogP contribution in [0.5, 0.6) is 11.6 Å². The van der Waals surface area contributed by atoms with Crippen LogP contribution in [0.15, 0.2) is 47.1 Å². The molecule has 0 saturated carbocycles. The predicted molar refractivity (Wildman–Crippen MR) is 135 cm³/mol. The second kappa shape index (κ2) is 10.8. The van der Waals surface area contributed by atoms with Crippen LogP contribution in [0, 0.1) is 35.3 Å². The van der Waals surface area contributed by atoms with Crippen molar-refractivity contribution in [2.24, 2.45) is 0 Å². The fourth-order valence-corrected chi connectivity index (χ4v) is 4.48. The van der Waals surface area contributed by atoms with E-state index in [4.69, 9.17) is 10.00 Å². The molecule has 0 unspecified atom stereocenters. The van der Waals surface area contributed by atoms with Gasteiger partial charge in [-0.15, -0.1) is 0 Å². The van der Waals surface area contributed by atoms with Gasteiger partial charge in [-0.05, 0) is 71.4 Å². The summed E-state index contributed by atoms with van der Waals surface area (Å²) in [6, 6.07) is 12.8. The molecule has 10 heteroatoms. The lowest BCUT2D eigenvalue weighted by Gasteiger charge is -2.32. The Kier molecular flexibility index (Phi) is 7.58. The number of rotatable bonds is 7. The Morgan fingerprint density at radius 1 is 1.26 bits per heavy atom. The maximum absolute atomic E-state index is 11.0. The van der Waals surface area contributed by atoms with E-state index in [1.165, 1.54) is 6.07 Å². The van der Waals surface area contributed by atoms with E-state index in [-0.39, 0.29) is 16.7 Å². The number of ether oxygens (including phenoxy) is 1. The molecule has 3 aromatic rings. The van der Waals surface area contributed by atoms with Crippen LogP contribution in [0.1, 0.15) is 35.1 Å². The molecular weight excluding hydrogens is 512 g/mol. The van der Waals surface area contributed by atoms with Gasteiger partial charge in [-0.3, -0.25) is 15.0 Å². The van der Waals surface area contributed by atoms with Crippen molar-refractivity contribution in [3.63, 3.8) is 0 Å². The Morgan fingerprint density at radius 3 is 2.63 bits per heavy atom. The number of hydrogen-bond acceptors (Lipinski definition) is 8. The Balaban J connectivity index is 1.37. The fraction of sp³-hybridized carbons (Fsp3) is 0.320. The predicted octanol–water partition coefficient (Wildman–Crippen LogP) is 5.50. The van der Waals surface area contributed by atoms with Crippen LogP contribution in [0.25, 0.3) is 0 Å². The molecule has 35 heavy (non-hydrogen) atoms. The topological polar surface area (TPSA) is 117 Å². The molecule has 4 rings (SSSR count). The highest BCUT2D eigenvalue weighted by atomic mass is 79.9. The summed E-state index contributed by atoms with van der Waals surface area (Å²) < 4.78 is 6.74. The minimum Gasteiger partial charge on any atom is -0.437 e. The van der Waals surface area contributed by atoms with Crippen LogP contribution < -0.4 is 10.1 Å². The largest absolute Gasteiger partial charge is 0.437 e. The molecule has 0 atom stereocenters. The molecule has 1 aromatic heterocycles. The highest BCUT2D eigenvalue weighted by molar-refractivity contribution is 9.10. The van der Waals surface area contributed by atoms with Crippen molar-refractivity contribution in [3.8, 4) is 17.7 Å². The number of nitrogens with one attached hydrogen (secondary N) is 1. The zero-order chi connectivity index (χ0) is 24.9. The van der Waals surface area contributed by atoms with Crippen LogP contribution in [-0.4, -0.2) is 38.9 Å². The van der Waals surface area contributed by atoms with E-state index in [9.17, 15) is 10.1 Å². The molecule has 1 aliphatic heterocycles. The van der Waals surface area contributed by atoms with Gasteiger partial charge in [0, 0.05) is 37.8 Å². The zero-order valence-electron chi connectivity index (χ0n) is 19.5. The number of nitro groups is 1. The van der Waals surface area contributed by atoms with Gasteiger partial charge in [0.25, 0.3) is 5.69 Å². The van der Waals surface area contributed by atoms with Crippen molar-refractivity contribution in [1.29, 1.82) is 5.26 Å². The van der Waals surface area contributed by atoms with E-state index in [2.05, 4.69) is 42.2 Å². The van der Waals surface area contributed by atoms with E-state index in [1.54, 1.807) is 30.5 Å². The average molecular weight is 537 g/mol. The third-order valence-electron chi connectivity index (χ3n) is 5.95. The van der Waals surface area contributed by atoms with Gasteiger partial charge in [0.05, 0.1) is 27.2 Å². The molecule has 1 saturated heterocycles. The summed E-state index contributed by atoms with van der Waals surface area (Å²) in [5, 5.41) is 23.6. The van der Waals surface area contributed by atoms with Gasteiger partial charge >= 0.3 is 0 Å². The van der Waals surface area contributed by atoms with Crippen LogP contribution in [-0.2, 0) is 6.54 Å². The molecule has 0 radical (unpaired) electrons. The number of hydrogen-bond donors (Lipinski definition) is 1. The summed E-state index contributed by atoms with van der Waals surface area (Å²) in [6.45, 7) is 6.22. The number of non-ortho nitro benzene ring substituents is 1. The first kappa shape index (κ1) is 24.6. The molecule has 180 valence electrons. The standard InChI is InChI=1S/C25H25BrN6O3/c1-16-10-19(13-27)11-17(2)23(16)35-24-22(26)14-28-25(30-24)29-20-6-8-31(9-7-20)15-18-4-3-5-21(12-18)32(33)34/h3-5,10-12,14,20H,6-9,15H2,1-2H3,(H,28,29,30). The summed E-state index contributed by atoms with van der Waals surface area (Å²) >= 11 is 3.46. The zero-order valence-corrected chi connectivity index (χ0v) is 21.1. The number of nitriles is 1. The third-order valence-corrected chi connectivity index (χ3v) is 6.49. The number of nitro benzene ring substituents is 1. The number of aromatic nitrogens is 2. The molecular formula is C25H25BrN6O3. The first-order valence-corrected chi connectivity index (χ1v) is 12.1. The molecule has 1 aliphatic rings. The van der Waals surface area contributed by atoms with Gasteiger partial charge in [-0.2, -0.15) is 10.2 Å². The van der Waals surface area contributed by atoms with Crippen LogP contribution >= 0.6 is 15.9 Å². The monoisotopic (exact) mass is 536 g/mol. The van der Waals surface area contributed by atoms with Crippen LogP contribution in [0.4, 0.5) is 11.6 Å². The highest BCUT2D eigenvalue weighted by Gasteiger charge is 2.21. The number of likely N-dealkylation sites (tertiary alicyclic amines) is 1. The quantitative estimate of drug-likeness (QED) is 0.310. The van der Waals surface area contributed by atoms with Crippen molar-refractivity contribution in [2.75, 3.05) is 18.4 Å². The maximum atomic E-state index is 11.0. The van der Waals surface area contributed by atoms with Gasteiger partial charge in [0.1, 0.15) is 5.75 Å². The Labute approximate surface area is 212 Å². The van der Waals surface area contributed by atoms with Gasteiger partial charge in [-0.1, -0.05) is 12.1 Å². The second-order valence-electron chi connectivity index (χ2n) is 8.62. The molecule has 2 aromatic carbocycles. The molecule has 0 aliphatic carbocycles. The van der Waals surface area contributed by atoms with E-state index >= 15 is 0 Å². The van der Waals surface area contributed by atoms with Crippen molar-refractivity contribution < 1.29 is 9.66 Å². The van der Waals surface area contributed by atoms with E-state index in [1.807, 2.05) is 19.9 Å². The number of anilines is 1. The highest BCUT2D eigenvalue weighted by Crippen LogP contribution is 2.33. The summed E-state index contributed by atoms with van der Waals surface area (Å²) in [5.41, 5.74) is 3.37. The van der Waals surface area contributed by atoms with Crippen LogP contribution in [0.3, 0.4) is 0 Å². The van der Waals surface area contributed by atoms with Gasteiger partial charge in [0.15, 0.2) is 0 Å². The smallest absolute Gasteiger partial charge is 0.269 e. The summed E-state index contributed by atoms with van der Waals surface area (Å²) in [5.74, 6) is 1.56. The lowest BCUT2D eigenvalue weighted by molar-refractivity contribution is -0.384. The van der Waals surface area contributed by atoms with Crippen molar-refractivity contribution in [1.82, 2.24) is 14.9 Å². The Hall–Kier alpha value is -3.55. The van der Waals surface area contributed by atoms with Crippen LogP contribution in [0.2, 0.25) is 0 Å². The second-order valence-corrected chi connectivity index (χ2v) is 9.48. The SMILES string of the molecule is Cc1cc(C#N)cc(C)c1Oc1nc(NC2CCN(Cc3cccc([N+](=O)[O-])c3)CC2)ncc1Br. The number of nitrogens with zero attached hydrogens (tertiary/aromatic N) is 5. The fourth-order valence-electron chi connectivity index (χ4n) is 4.21. The maximum Gasteiger partial charge on any atom is 0.269 e. The minimum atomic E-state index is -0.361.